The third-order valence-corrected chi connectivity index (χ3v) is 5.91. The molecule has 0 spiro atoms. The molecular weight excluding hydrogens is 418 g/mol. The molecule has 3 rings (SSSR count). The van der Waals surface area contributed by atoms with Gasteiger partial charge in [-0.1, -0.05) is 30.0 Å². The van der Waals surface area contributed by atoms with Crippen LogP contribution in [-0.4, -0.2) is 20.1 Å². The second kappa shape index (κ2) is 9.06. The van der Waals surface area contributed by atoms with Gasteiger partial charge in [-0.15, -0.1) is 0 Å². The minimum absolute atomic E-state index is 0.135. The van der Waals surface area contributed by atoms with Crippen LogP contribution >= 0.6 is 11.8 Å². The number of carbonyl (C=O) groups excluding carboxylic acids is 1. The third-order valence-electron chi connectivity index (χ3n) is 3.79. The summed E-state index contributed by atoms with van der Waals surface area (Å²) in [5, 5.41) is 2.66. The van der Waals surface area contributed by atoms with Gasteiger partial charge in [0.25, 0.3) is 21.7 Å². The van der Waals surface area contributed by atoms with Gasteiger partial charge >= 0.3 is 0 Å². The topological polar surface area (TPSA) is 75.3 Å². The van der Waals surface area contributed by atoms with Crippen molar-refractivity contribution in [2.45, 2.75) is 15.5 Å². The van der Waals surface area contributed by atoms with Gasteiger partial charge < -0.3 is 5.32 Å². The maximum Gasteiger partial charge on any atom is 0.288 e. The lowest BCUT2D eigenvalue weighted by Crippen LogP contribution is -2.14. The zero-order chi connectivity index (χ0) is 20.9. The van der Waals surface area contributed by atoms with Crippen LogP contribution in [0.5, 0.6) is 0 Å². The number of carbonyl (C=O) groups is 1. The van der Waals surface area contributed by atoms with Crippen molar-refractivity contribution in [1.29, 1.82) is 0 Å². The summed E-state index contributed by atoms with van der Waals surface area (Å²) < 4.78 is 51.8. The summed E-state index contributed by atoms with van der Waals surface area (Å²) in [6.45, 7) is 0. The van der Waals surface area contributed by atoms with Gasteiger partial charge in [-0.2, -0.15) is 8.78 Å². The van der Waals surface area contributed by atoms with E-state index in [1.165, 1.54) is 60.7 Å². The average Bonchev–Trinajstić information content (AvgIpc) is 2.70. The van der Waals surface area contributed by atoms with Crippen LogP contribution in [0.25, 0.3) is 0 Å². The van der Waals surface area contributed by atoms with Gasteiger partial charge in [-0.3, -0.25) is 9.52 Å². The normalized spacial score (nSPS) is 11.3. The maximum atomic E-state index is 12.3. The molecule has 5 nitrogen and oxygen atoms in total. The van der Waals surface area contributed by atoms with Crippen molar-refractivity contribution in [2.24, 2.45) is 0 Å². The fourth-order valence-corrected chi connectivity index (χ4v) is 4.00. The molecule has 0 atom stereocenters. The fourth-order valence-electron chi connectivity index (χ4n) is 2.43. The number of hydrogen-bond donors (Lipinski definition) is 2. The van der Waals surface area contributed by atoms with Crippen molar-refractivity contribution in [3.05, 3.63) is 84.4 Å². The Bertz CT molecular complexity index is 1070. The molecule has 0 saturated heterocycles. The zero-order valence-corrected chi connectivity index (χ0v) is 16.5. The van der Waals surface area contributed by atoms with E-state index in [4.69, 9.17) is 0 Å². The summed E-state index contributed by atoms with van der Waals surface area (Å²) >= 11 is 0.425. The largest absolute Gasteiger partial charge is 0.322 e. The number of thioether (sulfide) groups is 1. The molecule has 0 saturated carbocycles. The summed E-state index contributed by atoms with van der Waals surface area (Å²) in [6, 6.07) is 19.9. The molecule has 0 fully saturated rings. The molecule has 29 heavy (non-hydrogen) atoms. The van der Waals surface area contributed by atoms with Gasteiger partial charge in [-0.05, 0) is 60.7 Å². The summed E-state index contributed by atoms with van der Waals surface area (Å²) in [5.41, 5.74) is 1.10. The predicted molar refractivity (Wildman–Crippen MR) is 110 cm³/mol. The number of anilines is 2. The summed E-state index contributed by atoms with van der Waals surface area (Å²) in [6.07, 6.45) is 0. The Kier molecular flexibility index (Phi) is 6.50. The highest BCUT2D eigenvalue weighted by atomic mass is 32.2. The van der Waals surface area contributed by atoms with E-state index in [2.05, 4.69) is 10.0 Å². The Morgan fingerprint density at radius 2 is 1.41 bits per heavy atom. The SMILES string of the molecule is O=C(Nc1ccc(SC(F)F)cc1)c1ccc(NS(=O)(=O)c2ccccc2)cc1. The van der Waals surface area contributed by atoms with E-state index in [0.717, 1.165) is 0 Å². The molecule has 0 unspecified atom stereocenters. The summed E-state index contributed by atoms with van der Waals surface area (Å²) in [5.74, 6) is -2.91. The molecule has 0 aliphatic carbocycles. The van der Waals surface area contributed by atoms with Crippen LogP contribution in [0.2, 0.25) is 0 Å². The van der Waals surface area contributed by atoms with Gasteiger partial charge in [0.15, 0.2) is 0 Å². The molecule has 3 aromatic carbocycles. The molecule has 0 aromatic heterocycles. The summed E-state index contributed by atoms with van der Waals surface area (Å²) in [7, 11) is -3.71. The van der Waals surface area contributed by atoms with Crippen LogP contribution in [0.15, 0.2) is 88.7 Å². The molecule has 150 valence electrons. The average molecular weight is 434 g/mol. The Morgan fingerprint density at radius 1 is 0.828 bits per heavy atom. The van der Waals surface area contributed by atoms with Crippen molar-refractivity contribution in [3.63, 3.8) is 0 Å². The number of nitrogens with one attached hydrogen (secondary N) is 2. The molecule has 2 N–H and O–H groups in total. The first-order valence-electron chi connectivity index (χ1n) is 8.38. The molecular formula is C20H16F2N2O3S2. The van der Waals surface area contributed by atoms with Crippen LogP contribution in [0.1, 0.15) is 10.4 Å². The maximum absolute atomic E-state index is 12.3. The van der Waals surface area contributed by atoms with Gasteiger partial charge in [0.05, 0.1) is 4.90 Å². The summed E-state index contributed by atoms with van der Waals surface area (Å²) in [4.78, 5) is 12.9. The second-order valence-corrected chi connectivity index (χ2v) is 8.60. The van der Waals surface area contributed by atoms with Crippen LogP contribution < -0.4 is 10.0 Å². The van der Waals surface area contributed by atoms with Crippen LogP contribution in [-0.2, 0) is 10.0 Å². The van der Waals surface area contributed by atoms with Crippen LogP contribution in [0.4, 0.5) is 20.2 Å². The molecule has 0 radical (unpaired) electrons. The zero-order valence-electron chi connectivity index (χ0n) is 14.9. The number of rotatable bonds is 7. The van der Waals surface area contributed by atoms with Crippen molar-refractivity contribution in [3.8, 4) is 0 Å². The van der Waals surface area contributed by atoms with E-state index in [1.807, 2.05) is 0 Å². The minimum atomic E-state index is -3.71. The Morgan fingerprint density at radius 3 is 2.00 bits per heavy atom. The van der Waals surface area contributed by atoms with Crippen molar-refractivity contribution >= 4 is 39.1 Å². The molecule has 0 heterocycles. The fraction of sp³-hybridized carbons (Fsp3) is 0.0500. The molecule has 3 aromatic rings. The monoisotopic (exact) mass is 434 g/mol. The predicted octanol–water partition coefficient (Wildman–Crippen LogP) is 5.05. The van der Waals surface area contributed by atoms with Gasteiger partial charge in [-0.25, -0.2) is 8.42 Å². The molecule has 0 aliphatic heterocycles. The first kappa shape index (κ1) is 20.8. The first-order valence-corrected chi connectivity index (χ1v) is 10.7. The highest BCUT2D eigenvalue weighted by molar-refractivity contribution is 7.99. The van der Waals surface area contributed by atoms with Crippen LogP contribution in [0, 0.1) is 0 Å². The number of sulfonamides is 1. The highest BCUT2D eigenvalue weighted by Crippen LogP contribution is 2.26. The number of amides is 1. The van der Waals surface area contributed by atoms with E-state index >= 15 is 0 Å². The van der Waals surface area contributed by atoms with Gasteiger partial charge in [0.1, 0.15) is 0 Å². The number of benzene rings is 3. The number of alkyl halides is 2. The van der Waals surface area contributed by atoms with Crippen LogP contribution in [0.3, 0.4) is 0 Å². The first-order chi connectivity index (χ1) is 13.8. The Balaban J connectivity index is 1.64. The van der Waals surface area contributed by atoms with E-state index in [9.17, 15) is 22.0 Å². The lowest BCUT2D eigenvalue weighted by molar-refractivity contribution is 0.102. The van der Waals surface area contributed by atoms with Crippen molar-refractivity contribution in [1.82, 2.24) is 0 Å². The molecule has 9 heteroatoms. The Hall–Kier alpha value is -2.91. The van der Waals surface area contributed by atoms with E-state index in [-0.39, 0.29) is 4.90 Å². The van der Waals surface area contributed by atoms with Gasteiger partial charge in [0.2, 0.25) is 0 Å². The highest BCUT2D eigenvalue weighted by Gasteiger charge is 2.14. The van der Waals surface area contributed by atoms with Crippen molar-refractivity contribution < 1.29 is 22.0 Å². The van der Waals surface area contributed by atoms with Crippen molar-refractivity contribution in [2.75, 3.05) is 10.0 Å². The number of halogens is 2. The molecule has 1 amide bonds. The quantitative estimate of drug-likeness (QED) is 0.510. The van der Waals surface area contributed by atoms with E-state index < -0.39 is 21.7 Å². The minimum Gasteiger partial charge on any atom is -0.322 e. The standard InChI is InChI=1S/C20H16F2N2O3S2/c21-20(22)28-17-12-10-15(11-13-17)23-19(25)14-6-8-16(9-7-14)24-29(26,27)18-4-2-1-3-5-18/h1-13,20,24H,(H,23,25). The van der Waals surface area contributed by atoms with E-state index in [1.54, 1.807) is 18.2 Å². The lowest BCUT2D eigenvalue weighted by Gasteiger charge is -2.09. The Labute approximate surface area is 171 Å². The second-order valence-electron chi connectivity index (χ2n) is 5.85. The number of hydrogen-bond acceptors (Lipinski definition) is 4. The molecule has 0 bridgehead atoms. The van der Waals surface area contributed by atoms with E-state index in [0.29, 0.717) is 33.6 Å². The third kappa shape index (κ3) is 5.78. The lowest BCUT2D eigenvalue weighted by atomic mass is 10.2. The van der Waals surface area contributed by atoms with Gasteiger partial charge in [0, 0.05) is 21.8 Å². The smallest absolute Gasteiger partial charge is 0.288 e. The molecule has 0 aliphatic rings.